The number of aromatic amines is 1. The van der Waals surface area contributed by atoms with Gasteiger partial charge < -0.3 is 10.1 Å². The summed E-state index contributed by atoms with van der Waals surface area (Å²) in [7, 11) is 0. The summed E-state index contributed by atoms with van der Waals surface area (Å²) < 4.78 is 0. The molecule has 1 heterocycles. The van der Waals surface area contributed by atoms with E-state index in [1.54, 1.807) is 0 Å². The normalized spacial score (nSPS) is 10.9. The van der Waals surface area contributed by atoms with Crippen LogP contribution in [0.5, 0.6) is 0 Å². The molecule has 0 fully saturated rings. The Kier molecular flexibility index (Phi) is 3.47. The molecule has 3 nitrogen and oxygen atoms in total. The van der Waals surface area contributed by atoms with Crippen molar-refractivity contribution in [2.75, 3.05) is 0 Å². The summed E-state index contributed by atoms with van der Waals surface area (Å²) in [5.74, 6) is -0.708. The highest BCUT2D eigenvalue weighted by Gasteiger charge is 2.07. The van der Waals surface area contributed by atoms with Gasteiger partial charge in [0.15, 0.2) is 0 Å². The van der Waals surface area contributed by atoms with Crippen LogP contribution in [0.15, 0.2) is 24.3 Å². The van der Waals surface area contributed by atoms with Crippen LogP contribution >= 0.6 is 0 Å². The van der Waals surface area contributed by atoms with Gasteiger partial charge in [-0.2, -0.15) is 0 Å². The first-order valence-corrected chi connectivity index (χ1v) is 5.96. The predicted octanol–water partition coefficient (Wildman–Crippen LogP) is 3.27. The first kappa shape index (κ1) is 11.7. The maximum absolute atomic E-state index is 10.4. The van der Waals surface area contributed by atoms with Gasteiger partial charge in [0.05, 0.1) is 0 Å². The number of aliphatic carboxylic acids is 1. The standard InChI is InChI=1S/C14H17NO2/c1-10-11(6-3-5-9-14(16)17)12-7-2-4-8-13(12)15-10/h2,4,7-8,15H,3,5-6,9H2,1H3,(H,16,17). The van der Waals surface area contributed by atoms with E-state index in [0.717, 1.165) is 19.3 Å². The molecule has 0 unspecified atom stereocenters. The van der Waals surface area contributed by atoms with E-state index >= 15 is 0 Å². The van der Waals surface area contributed by atoms with E-state index in [1.807, 2.05) is 12.1 Å². The summed E-state index contributed by atoms with van der Waals surface area (Å²) in [4.78, 5) is 13.8. The van der Waals surface area contributed by atoms with Gasteiger partial charge in [-0.25, -0.2) is 0 Å². The van der Waals surface area contributed by atoms with Gasteiger partial charge in [0.1, 0.15) is 0 Å². The molecule has 3 heteroatoms. The SMILES string of the molecule is Cc1[nH]c2ccccc2c1CCCCC(=O)O. The quantitative estimate of drug-likeness (QED) is 0.776. The van der Waals surface area contributed by atoms with E-state index in [1.165, 1.54) is 22.2 Å². The number of carboxylic acids is 1. The van der Waals surface area contributed by atoms with Gasteiger partial charge in [-0.1, -0.05) is 18.2 Å². The van der Waals surface area contributed by atoms with Crippen LogP contribution in [0.3, 0.4) is 0 Å². The number of carbonyl (C=O) groups is 1. The molecule has 17 heavy (non-hydrogen) atoms. The van der Waals surface area contributed by atoms with E-state index in [2.05, 4.69) is 24.0 Å². The van der Waals surface area contributed by atoms with Gasteiger partial charge in [-0.05, 0) is 37.8 Å². The Morgan fingerprint density at radius 2 is 2.06 bits per heavy atom. The minimum atomic E-state index is -0.708. The molecule has 90 valence electrons. The van der Waals surface area contributed by atoms with E-state index < -0.39 is 5.97 Å². The molecule has 0 atom stereocenters. The van der Waals surface area contributed by atoms with Gasteiger partial charge in [0.25, 0.3) is 0 Å². The maximum atomic E-state index is 10.4. The fraction of sp³-hybridized carbons (Fsp3) is 0.357. The van der Waals surface area contributed by atoms with Crippen molar-refractivity contribution in [3.05, 3.63) is 35.5 Å². The number of benzene rings is 1. The molecule has 0 bridgehead atoms. The van der Waals surface area contributed by atoms with Crippen LogP contribution in [0.2, 0.25) is 0 Å². The van der Waals surface area contributed by atoms with Crippen molar-refractivity contribution in [2.45, 2.75) is 32.6 Å². The zero-order valence-corrected chi connectivity index (χ0v) is 9.99. The number of unbranched alkanes of at least 4 members (excludes halogenated alkanes) is 1. The Balaban J connectivity index is 2.07. The zero-order chi connectivity index (χ0) is 12.3. The summed E-state index contributed by atoms with van der Waals surface area (Å²) >= 11 is 0. The number of rotatable bonds is 5. The topological polar surface area (TPSA) is 53.1 Å². The number of para-hydroxylation sites is 1. The molecule has 0 aliphatic heterocycles. The summed E-state index contributed by atoms with van der Waals surface area (Å²) in [6.07, 6.45) is 2.88. The highest BCUT2D eigenvalue weighted by Crippen LogP contribution is 2.23. The summed E-state index contributed by atoms with van der Waals surface area (Å²) in [6, 6.07) is 8.25. The van der Waals surface area contributed by atoms with Crippen molar-refractivity contribution >= 4 is 16.9 Å². The van der Waals surface area contributed by atoms with Crippen LogP contribution in [0.25, 0.3) is 10.9 Å². The summed E-state index contributed by atoms with van der Waals surface area (Å²) in [5, 5.41) is 9.86. The molecule has 0 aliphatic rings. The third kappa shape index (κ3) is 2.67. The molecule has 2 N–H and O–H groups in total. The van der Waals surface area contributed by atoms with Crippen molar-refractivity contribution in [3.63, 3.8) is 0 Å². The van der Waals surface area contributed by atoms with Crippen molar-refractivity contribution in [3.8, 4) is 0 Å². The molecular formula is C14H17NO2. The molecule has 0 spiro atoms. The Morgan fingerprint density at radius 3 is 2.82 bits per heavy atom. The van der Waals surface area contributed by atoms with Gasteiger partial charge in [0, 0.05) is 23.0 Å². The second-order valence-electron chi connectivity index (χ2n) is 4.37. The van der Waals surface area contributed by atoms with Gasteiger partial charge in [0.2, 0.25) is 0 Å². The Bertz CT molecular complexity index is 528. The summed E-state index contributed by atoms with van der Waals surface area (Å²) in [6.45, 7) is 2.08. The van der Waals surface area contributed by atoms with Crippen molar-refractivity contribution < 1.29 is 9.90 Å². The van der Waals surface area contributed by atoms with Crippen LogP contribution in [0.1, 0.15) is 30.5 Å². The number of hydrogen-bond donors (Lipinski definition) is 2. The Morgan fingerprint density at radius 1 is 1.29 bits per heavy atom. The lowest BCUT2D eigenvalue weighted by Crippen LogP contribution is -1.95. The van der Waals surface area contributed by atoms with E-state index in [4.69, 9.17) is 5.11 Å². The van der Waals surface area contributed by atoms with Crippen LogP contribution < -0.4 is 0 Å². The zero-order valence-electron chi connectivity index (χ0n) is 9.99. The van der Waals surface area contributed by atoms with Crippen LogP contribution in [-0.2, 0) is 11.2 Å². The van der Waals surface area contributed by atoms with Gasteiger partial charge in [-0.3, -0.25) is 4.79 Å². The number of nitrogens with one attached hydrogen (secondary N) is 1. The molecule has 0 saturated carbocycles. The van der Waals surface area contributed by atoms with Crippen LogP contribution in [-0.4, -0.2) is 16.1 Å². The third-order valence-corrected chi connectivity index (χ3v) is 3.09. The molecular weight excluding hydrogens is 214 g/mol. The molecule has 0 amide bonds. The largest absolute Gasteiger partial charge is 0.481 e. The molecule has 1 aromatic heterocycles. The number of H-pyrrole nitrogens is 1. The second kappa shape index (κ2) is 5.04. The molecule has 0 radical (unpaired) electrons. The van der Waals surface area contributed by atoms with Crippen LogP contribution in [0, 0.1) is 6.92 Å². The Labute approximate surface area is 100 Å². The second-order valence-corrected chi connectivity index (χ2v) is 4.37. The van der Waals surface area contributed by atoms with E-state index in [-0.39, 0.29) is 6.42 Å². The van der Waals surface area contributed by atoms with Crippen molar-refractivity contribution in [2.24, 2.45) is 0 Å². The monoisotopic (exact) mass is 231 g/mol. The van der Waals surface area contributed by atoms with Crippen LogP contribution in [0.4, 0.5) is 0 Å². The number of fused-ring (bicyclic) bond motifs is 1. The number of carboxylic acid groups (broad SMARTS) is 1. The lowest BCUT2D eigenvalue weighted by atomic mass is 10.0. The first-order valence-electron chi connectivity index (χ1n) is 5.96. The fourth-order valence-corrected chi connectivity index (χ4v) is 2.23. The minimum Gasteiger partial charge on any atom is -0.481 e. The summed E-state index contributed by atoms with van der Waals surface area (Å²) in [5.41, 5.74) is 3.69. The highest BCUT2D eigenvalue weighted by molar-refractivity contribution is 5.84. The molecule has 2 rings (SSSR count). The molecule has 0 saturated heterocycles. The smallest absolute Gasteiger partial charge is 0.303 e. The minimum absolute atomic E-state index is 0.265. The number of aromatic nitrogens is 1. The average molecular weight is 231 g/mol. The molecule has 0 aliphatic carbocycles. The number of hydrogen-bond acceptors (Lipinski definition) is 1. The molecule has 2 aromatic rings. The average Bonchev–Trinajstić information content (AvgIpc) is 2.60. The van der Waals surface area contributed by atoms with E-state index in [0.29, 0.717) is 0 Å². The first-order chi connectivity index (χ1) is 8.18. The highest BCUT2D eigenvalue weighted by atomic mass is 16.4. The predicted molar refractivity (Wildman–Crippen MR) is 68.2 cm³/mol. The van der Waals surface area contributed by atoms with Gasteiger partial charge >= 0.3 is 5.97 Å². The third-order valence-electron chi connectivity index (χ3n) is 3.09. The Hall–Kier alpha value is -1.77. The fourth-order valence-electron chi connectivity index (χ4n) is 2.23. The van der Waals surface area contributed by atoms with Crippen molar-refractivity contribution in [1.82, 2.24) is 4.98 Å². The van der Waals surface area contributed by atoms with E-state index in [9.17, 15) is 4.79 Å². The lowest BCUT2D eigenvalue weighted by molar-refractivity contribution is -0.137. The maximum Gasteiger partial charge on any atom is 0.303 e. The van der Waals surface area contributed by atoms with Crippen molar-refractivity contribution in [1.29, 1.82) is 0 Å². The van der Waals surface area contributed by atoms with Gasteiger partial charge in [-0.15, -0.1) is 0 Å². The number of aryl methyl sites for hydroxylation is 2. The lowest BCUT2D eigenvalue weighted by Gasteiger charge is -2.00. The molecule has 1 aromatic carbocycles.